The Hall–Kier alpha value is -0.396. The first-order chi connectivity index (χ1) is 7.20. The van der Waals surface area contributed by atoms with E-state index in [1.54, 1.807) is 6.92 Å². The van der Waals surface area contributed by atoms with Crippen LogP contribution in [0, 0.1) is 0 Å². The summed E-state index contributed by atoms with van der Waals surface area (Å²) in [5, 5.41) is 2.88. The molecule has 86 valence electrons. The van der Waals surface area contributed by atoms with Crippen LogP contribution in [0.15, 0.2) is 12.2 Å². The second-order valence-corrected chi connectivity index (χ2v) is 12.4. The highest BCUT2D eigenvalue weighted by Gasteiger charge is 2.15. The van der Waals surface area contributed by atoms with E-state index in [1.807, 2.05) is 0 Å². The summed E-state index contributed by atoms with van der Waals surface area (Å²) in [5.41, 5.74) is 0.600. The minimum atomic E-state index is -0.471. The van der Waals surface area contributed by atoms with E-state index < -0.39 is 8.31 Å². The van der Waals surface area contributed by atoms with Gasteiger partial charge in [0.2, 0.25) is 5.91 Å². The Balaban J connectivity index is 2.01. The Bertz CT molecular complexity index is 227. The average molecular weight is 243 g/mol. The summed E-state index contributed by atoms with van der Waals surface area (Å²) in [4.78, 5) is 11.2. The molecule has 0 spiro atoms. The molecular weight excluding hydrogens is 222 g/mol. The van der Waals surface area contributed by atoms with E-state index in [-0.39, 0.29) is 15.2 Å². The molecule has 1 atom stereocenters. The lowest BCUT2D eigenvalue weighted by atomic mass is 10.3. The van der Waals surface area contributed by atoms with Crippen LogP contribution >= 0.6 is 0 Å². The highest BCUT2D eigenvalue weighted by Crippen LogP contribution is 2.10. The van der Waals surface area contributed by atoms with Gasteiger partial charge in [-0.25, -0.2) is 0 Å². The van der Waals surface area contributed by atoms with Crippen molar-refractivity contribution in [1.82, 2.24) is 5.32 Å². The number of hydrogen-bond acceptors (Lipinski definition) is 2. The summed E-state index contributed by atoms with van der Waals surface area (Å²) in [5.74, 6) is -0.00574. The van der Waals surface area contributed by atoms with E-state index in [2.05, 4.69) is 11.9 Å². The Kier molecular flexibility index (Phi) is 5.89. The van der Waals surface area contributed by atoms with E-state index in [4.69, 9.17) is 4.43 Å². The first-order valence-corrected chi connectivity index (χ1v) is 11.2. The number of nitrogens with one attached hydrogen (secondary N) is 1. The van der Waals surface area contributed by atoms with Gasteiger partial charge in [0, 0.05) is 18.7 Å². The average Bonchev–Trinajstić information content (AvgIpc) is 2.25. The molecule has 1 saturated heterocycles. The molecule has 0 saturated carbocycles. The Labute approximate surface area is 95.6 Å². The summed E-state index contributed by atoms with van der Waals surface area (Å²) in [7, 11) is -0.603. The maximum absolute atomic E-state index is 11.2. The van der Waals surface area contributed by atoms with E-state index in [0.717, 1.165) is 19.6 Å². The van der Waals surface area contributed by atoms with Crippen molar-refractivity contribution >= 4 is 23.5 Å². The fourth-order valence-electron chi connectivity index (χ4n) is 1.78. The quantitative estimate of drug-likeness (QED) is 0.428. The molecule has 1 heterocycles. The lowest BCUT2D eigenvalue weighted by Crippen LogP contribution is -2.31. The summed E-state index contributed by atoms with van der Waals surface area (Å²) in [6, 6.07) is 2.82. The zero-order valence-corrected chi connectivity index (χ0v) is 12.1. The predicted octanol–water partition coefficient (Wildman–Crippen LogP) is 0.297. The highest BCUT2D eigenvalue weighted by atomic mass is 29.2. The molecule has 0 radical (unpaired) electrons. The number of carbonyl (C=O) groups excluding carboxylic acids is 1. The SMILES string of the molecule is C=C(C)C(=O)NCCC[SiH]1CCCO[SiH2]1. The molecule has 0 bridgehead atoms. The third-order valence-electron chi connectivity index (χ3n) is 2.72. The van der Waals surface area contributed by atoms with Crippen LogP contribution in [0.3, 0.4) is 0 Å². The third kappa shape index (κ3) is 5.29. The molecule has 0 aromatic carbocycles. The van der Waals surface area contributed by atoms with Gasteiger partial charge in [-0.1, -0.05) is 18.7 Å². The molecule has 1 rings (SSSR count). The van der Waals surface area contributed by atoms with Crippen molar-refractivity contribution in [3.05, 3.63) is 12.2 Å². The number of rotatable bonds is 5. The Morgan fingerprint density at radius 1 is 1.67 bits per heavy atom. The summed E-state index contributed by atoms with van der Waals surface area (Å²) in [6.45, 7) is 7.17. The van der Waals surface area contributed by atoms with Gasteiger partial charge in [0.1, 0.15) is 9.28 Å². The fraction of sp³-hybridized carbons (Fsp3) is 0.700. The van der Waals surface area contributed by atoms with Crippen molar-refractivity contribution in [2.24, 2.45) is 0 Å². The van der Waals surface area contributed by atoms with E-state index in [9.17, 15) is 4.79 Å². The normalized spacial score (nSPS) is 22.6. The first-order valence-electron chi connectivity index (χ1n) is 5.71. The minimum Gasteiger partial charge on any atom is -0.428 e. The first kappa shape index (κ1) is 12.7. The monoisotopic (exact) mass is 243 g/mol. The van der Waals surface area contributed by atoms with Gasteiger partial charge < -0.3 is 9.74 Å². The Morgan fingerprint density at radius 3 is 3.07 bits per heavy atom. The van der Waals surface area contributed by atoms with Crippen molar-refractivity contribution in [2.45, 2.75) is 31.9 Å². The second kappa shape index (κ2) is 6.97. The van der Waals surface area contributed by atoms with Crippen LogP contribution in [0.2, 0.25) is 12.1 Å². The van der Waals surface area contributed by atoms with Crippen LogP contribution in [0.5, 0.6) is 0 Å². The van der Waals surface area contributed by atoms with Gasteiger partial charge in [0.15, 0.2) is 0 Å². The molecule has 1 aliphatic heterocycles. The predicted molar refractivity (Wildman–Crippen MR) is 68.3 cm³/mol. The van der Waals surface area contributed by atoms with Gasteiger partial charge in [-0.2, -0.15) is 0 Å². The lowest BCUT2D eigenvalue weighted by Gasteiger charge is -2.19. The molecule has 15 heavy (non-hydrogen) atoms. The van der Waals surface area contributed by atoms with Crippen molar-refractivity contribution < 1.29 is 9.22 Å². The smallest absolute Gasteiger partial charge is 0.246 e. The van der Waals surface area contributed by atoms with E-state index in [0.29, 0.717) is 5.57 Å². The maximum atomic E-state index is 11.2. The molecule has 1 amide bonds. The standard InChI is InChI=1S/C10H21NO2Si2/c1-9(2)10(12)11-5-3-7-15-8-4-6-13-14-15/h15H,1,3-8,14H2,2H3,(H,11,12). The largest absolute Gasteiger partial charge is 0.428 e. The van der Waals surface area contributed by atoms with Gasteiger partial charge in [-0.3, -0.25) is 4.79 Å². The van der Waals surface area contributed by atoms with Gasteiger partial charge in [0.05, 0.1) is 8.31 Å². The Morgan fingerprint density at radius 2 is 2.47 bits per heavy atom. The molecule has 1 unspecified atom stereocenters. The second-order valence-electron chi connectivity index (χ2n) is 4.26. The zero-order chi connectivity index (χ0) is 11.1. The molecule has 3 nitrogen and oxygen atoms in total. The lowest BCUT2D eigenvalue weighted by molar-refractivity contribution is -0.117. The highest BCUT2D eigenvalue weighted by molar-refractivity contribution is 7.10. The zero-order valence-electron chi connectivity index (χ0n) is 9.55. The van der Waals surface area contributed by atoms with Crippen molar-refractivity contribution in [3.8, 4) is 0 Å². The van der Waals surface area contributed by atoms with E-state index in [1.165, 1.54) is 18.5 Å². The van der Waals surface area contributed by atoms with Crippen LogP contribution in [-0.4, -0.2) is 36.7 Å². The van der Waals surface area contributed by atoms with Crippen molar-refractivity contribution in [3.63, 3.8) is 0 Å². The van der Waals surface area contributed by atoms with Gasteiger partial charge >= 0.3 is 0 Å². The van der Waals surface area contributed by atoms with Crippen molar-refractivity contribution in [1.29, 1.82) is 0 Å². The summed E-state index contributed by atoms with van der Waals surface area (Å²) in [6.07, 6.45) is 2.41. The van der Waals surface area contributed by atoms with Crippen LogP contribution in [0.25, 0.3) is 0 Å². The molecular formula is C10H21NO2Si2. The van der Waals surface area contributed by atoms with Gasteiger partial charge in [0.25, 0.3) is 0 Å². The molecule has 0 aromatic heterocycles. The van der Waals surface area contributed by atoms with Crippen LogP contribution in [0.4, 0.5) is 0 Å². The van der Waals surface area contributed by atoms with E-state index >= 15 is 0 Å². The maximum Gasteiger partial charge on any atom is 0.246 e. The molecule has 0 aliphatic carbocycles. The molecule has 0 aromatic rings. The van der Waals surface area contributed by atoms with Gasteiger partial charge in [-0.05, 0) is 19.8 Å². The van der Waals surface area contributed by atoms with Crippen LogP contribution in [-0.2, 0) is 9.22 Å². The number of carbonyl (C=O) groups is 1. The molecule has 1 N–H and O–H groups in total. The number of amides is 1. The topological polar surface area (TPSA) is 38.3 Å². The molecule has 5 heteroatoms. The summed E-state index contributed by atoms with van der Waals surface area (Å²) >= 11 is 0. The fourth-order valence-corrected chi connectivity index (χ4v) is 8.86. The van der Waals surface area contributed by atoms with Crippen LogP contribution in [0.1, 0.15) is 19.8 Å². The van der Waals surface area contributed by atoms with Crippen LogP contribution < -0.4 is 5.32 Å². The molecule has 1 fully saturated rings. The van der Waals surface area contributed by atoms with Gasteiger partial charge in [-0.15, -0.1) is 0 Å². The van der Waals surface area contributed by atoms with Crippen molar-refractivity contribution in [2.75, 3.05) is 13.2 Å². The third-order valence-corrected chi connectivity index (χ3v) is 10.7. The summed E-state index contributed by atoms with van der Waals surface area (Å²) < 4.78 is 5.60. The minimum absolute atomic E-state index is 0.00574. The number of hydrogen-bond donors (Lipinski definition) is 1. The molecule has 1 aliphatic rings.